The van der Waals surface area contributed by atoms with Gasteiger partial charge in [0.05, 0.1) is 22.6 Å². The number of carbonyl (C=O) groups is 1. The Balaban J connectivity index is 1.78. The topological polar surface area (TPSA) is 67.2 Å². The second kappa shape index (κ2) is 8.26. The minimum Gasteiger partial charge on any atom is -0.465 e. The van der Waals surface area contributed by atoms with Crippen molar-refractivity contribution in [2.75, 3.05) is 6.54 Å². The molecule has 0 bridgehead atoms. The minimum atomic E-state index is -4.52. The molecule has 2 N–H and O–H groups in total. The number of rotatable bonds is 5. The lowest BCUT2D eigenvalue weighted by Gasteiger charge is -2.17. The summed E-state index contributed by atoms with van der Waals surface area (Å²) in [6, 6.07) is 12.3. The molecule has 1 aliphatic rings. The molecule has 3 aromatic rings. The molecular weight excluding hydrogens is 431 g/mol. The predicted octanol–water partition coefficient (Wildman–Crippen LogP) is 5.58. The lowest BCUT2D eigenvalue weighted by atomic mass is 10.00. The Kier molecular flexibility index (Phi) is 5.66. The highest BCUT2D eigenvalue weighted by Crippen LogP contribution is 2.40. The summed E-state index contributed by atoms with van der Waals surface area (Å²) in [5.74, 6) is 0.169. The molecule has 1 heterocycles. The number of para-hydroxylation sites is 1. The van der Waals surface area contributed by atoms with Crippen molar-refractivity contribution < 1.29 is 23.1 Å². The number of nitrogens with one attached hydrogen (secondary N) is 1. The highest BCUT2D eigenvalue weighted by Gasteiger charge is 2.36. The van der Waals surface area contributed by atoms with Crippen molar-refractivity contribution in [1.82, 2.24) is 15.1 Å². The Labute approximate surface area is 181 Å². The minimum absolute atomic E-state index is 0.0292. The molecule has 1 amide bonds. The van der Waals surface area contributed by atoms with Crippen molar-refractivity contribution in [3.63, 3.8) is 0 Å². The summed E-state index contributed by atoms with van der Waals surface area (Å²) in [4.78, 5) is 10.7. The van der Waals surface area contributed by atoms with Gasteiger partial charge in [-0.2, -0.15) is 18.3 Å². The molecule has 31 heavy (non-hydrogen) atoms. The van der Waals surface area contributed by atoms with Crippen LogP contribution in [0.15, 0.2) is 48.5 Å². The van der Waals surface area contributed by atoms with Gasteiger partial charge in [-0.1, -0.05) is 35.9 Å². The van der Waals surface area contributed by atoms with Crippen molar-refractivity contribution >= 4 is 17.7 Å². The molecule has 0 radical (unpaired) electrons. The van der Waals surface area contributed by atoms with Crippen LogP contribution in [0.3, 0.4) is 0 Å². The van der Waals surface area contributed by atoms with E-state index in [1.54, 1.807) is 30.3 Å². The number of amides is 1. The van der Waals surface area contributed by atoms with E-state index in [2.05, 4.69) is 10.4 Å². The molecule has 1 aromatic heterocycles. The first-order valence-electron chi connectivity index (χ1n) is 9.74. The van der Waals surface area contributed by atoms with Gasteiger partial charge in [-0.3, -0.25) is 0 Å². The molecule has 162 valence electrons. The van der Waals surface area contributed by atoms with Crippen molar-refractivity contribution in [3.8, 4) is 16.9 Å². The van der Waals surface area contributed by atoms with E-state index in [1.165, 1.54) is 16.8 Å². The zero-order chi connectivity index (χ0) is 22.2. The van der Waals surface area contributed by atoms with Gasteiger partial charge in [0.2, 0.25) is 0 Å². The summed E-state index contributed by atoms with van der Waals surface area (Å²) >= 11 is 6.01. The molecule has 0 fully saturated rings. The number of nitrogens with zero attached hydrogens (tertiary/aromatic N) is 2. The average molecular weight is 450 g/mol. The van der Waals surface area contributed by atoms with Crippen molar-refractivity contribution in [3.05, 3.63) is 70.4 Å². The smallest absolute Gasteiger partial charge is 0.418 e. The third-order valence-electron chi connectivity index (χ3n) is 5.43. The number of alkyl halides is 3. The third-order valence-corrected chi connectivity index (χ3v) is 5.68. The largest absolute Gasteiger partial charge is 0.465 e. The van der Waals surface area contributed by atoms with Crippen LogP contribution in [0.5, 0.6) is 0 Å². The Morgan fingerprint density at radius 2 is 1.87 bits per heavy atom. The van der Waals surface area contributed by atoms with Gasteiger partial charge in [0.1, 0.15) is 0 Å². The van der Waals surface area contributed by atoms with Crippen molar-refractivity contribution in [2.24, 2.45) is 5.92 Å². The van der Waals surface area contributed by atoms with Crippen LogP contribution >= 0.6 is 11.6 Å². The molecule has 1 unspecified atom stereocenters. The van der Waals surface area contributed by atoms with Crippen LogP contribution in [0.1, 0.15) is 23.2 Å². The van der Waals surface area contributed by atoms with E-state index in [-0.39, 0.29) is 11.6 Å². The second-order valence-corrected chi connectivity index (χ2v) is 7.94. The molecule has 1 atom stereocenters. The number of fused-ring (bicyclic) bond motifs is 1. The van der Waals surface area contributed by atoms with E-state index >= 15 is 0 Å². The van der Waals surface area contributed by atoms with Crippen LogP contribution in [0.25, 0.3) is 16.9 Å². The van der Waals surface area contributed by atoms with Crippen molar-refractivity contribution in [2.45, 2.75) is 25.4 Å². The molecule has 2 aromatic carbocycles. The molecule has 4 rings (SSSR count). The Hall–Kier alpha value is -3.00. The van der Waals surface area contributed by atoms with Gasteiger partial charge in [-0.15, -0.1) is 0 Å². The van der Waals surface area contributed by atoms with Crippen molar-refractivity contribution in [1.29, 1.82) is 0 Å². The van der Waals surface area contributed by atoms with Gasteiger partial charge >= 0.3 is 12.3 Å². The van der Waals surface area contributed by atoms with Gasteiger partial charge in [0.15, 0.2) is 0 Å². The van der Waals surface area contributed by atoms with E-state index in [0.29, 0.717) is 36.5 Å². The summed E-state index contributed by atoms with van der Waals surface area (Å²) < 4.78 is 42.4. The predicted molar refractivity (Wildman–Crippen MR) is 111 cm³/mol. The molecule has 9 heteroatoms. The summed E-state index contributed by atoms with van der Waals surface area (Å²) in [5.41, 5.74) is 2.17. The van der Waals surface area contributed by atoms with E-state index in [0.717, 1.165) is 22.9 Å². The fraction of sp³-hybridized carbons (Fsp3) is 0.273. The van der Waals surface area contributed by atoms with Crippen LogP contribution < -0.4 is 5.32 Å². The number of halogens is 4. The first kappa shape index (κ1) is 21.2. The summed E-state index contributed by atoms with van der Waals surface area (Å²) in [6.45, 7) is 0.317. The number of carboxylic acid groups (broad SMARTS) is 1. The standard InChI is InChI=1S/C22H19ClF3N3O2/c23-15-7-5-14(6-8-15)20-16-11-13(9-10-27-21(30)31)12-18(16)28-29(20)19-4-2-1-3-17(19)22(24,25)26/h1-8,13,27H,9-12H2,(H,30,31). The molecule has 0 saturated carbocycles. The molecule has 5 nitrogen and oxygen atoms in total. The first-order valence-corrected chi connectivity index (χ1v) is 10.1. The van der Waals surface area contributed by atoms with E-state index in [1.807, 2.05) is 0 Å². The van der Waals surface area contributed by atoms with E-state index < -0.39 is 17.8 Å². The van der Waals surface area contributed by atoms with Crippen LogP contribution in [-0.2, 0) is 19.0 Å². The maximum absolute atomic E-state index is 13.7. The maximum Gasteiger partial charge on any atom is 0.418 e. The van der Waals surface area contributed by atoms with Gasteiger partial charge in [0.25, 0.3) is 0 Å². The van der Waals surface area contributed by atoms with E-state index in [9.17, 15) is 18.0 Å². The fourth-order valence-electron chi connectivity index (χ4n) is 4.07. The Bertz CT molecular complexity index is 1110. The Morgan fingerprint density at radius 1 is 1.16 bits per heavy atom. The molecule has 1 aliphatic carbocycles. The quantitative estimate of drug-likeness (QED) is 0.534. The molecule has 0 aliphatic heterocycles. The van der Waals surface area contributed by atoms with Crippen LogP contribution in [-0.4, -0.2) is 27.5 Å². The third kappa shape index (κ3) is 4.39. The number of benzene rings is 2. The van der Waals surface area contributed by atoms with Crippen LogP contribution in [0.4, 0.5) is 18.0 Å². The van der Waals surface area contributed by atoms with Gasteiger partial charge in [-0.25, -0.2) is 9.48 Å². The highest BCUT2D eigenvalue weighted by atomic mass is 35.5. The summed E-state index contributed by atoms with van der Waals surface area (Å²) in [7, 11) is 0. The highest BCUT2D eigenvalue weighted by molar-refractivity contribution is 6.30. The zero-order valence-electron chi connectivity index (χ0n) is 16.3. The second-order valence-electron chi connectivity index (χ2n) is 7.50. The van der Waals surface area contributed by atoms with Gasteiger partial charge < -0.3 is 10.4 Å². The Morgan fingerprint density at radius 3 is 2.55 bits per heavy atom. The zero-order valence-corrected chi connectivity index (χ0v) is 17.0. The summed E-state index contributed by atoms with van der Waals surface area (Å²) in [5, 5.41) is 16.2. The van der Waals surface area contributed by atoms with E-state index in [4.69, 9.17) is 16.7 Å². The van der Waals surface area contributed by atoms with Gasteiger partial charge in [-0.05, 0) is 49.4 Å². The number of hydrogen-bond donors (Lipinski definition) is 2. The maximum atomic E-state index is 13.7. The van der Waals surface area contributed by atoms with Crippen LogP contribution in [0.2, 0.25) is 5.02 Å². The summed E-state index contributed by atoms with van der Waals surface area (Å²) in [6.07, 6.45) is -3.77. The number of hydrogen-bond acceptors (Lipinski definition) is 2. The first-order chi connectivity index (χ1) is 14.7. The fourth-order valence-corrected chi connectivity index (χ4v) is 4.20. The molecular formula is C22H19ClF3N3O2. The number of aromatic nitrogens is 2. The lowest BCUT2D eigenvalue weighted by Crippen LogP contribution is -2.24. The molecule has 0 spiro atoms. The lowest BCUT2D eigenvalue weighted by molar-refractivity contribution is -0.137. The monoisotopic (exact) mass is 449 g/mol. The van der Waals surface area contributed by atoms with Crippen LogP contribution in [0, 0.1) is 5.92 Å². The van der Waals surface area contributed by atoms with Gasteiger partial charge in [0, 0.05) is 22.7 Å². The molecule has 0 saturated heterocycles. The average Bonchev–Trinajstić information content (AvgIpc) is 3.25. The SMILES string of the molecule is O=C(O)NCCC1Cc2nn(-c3ccccc3C(F)(F)F)c(-c3ccc(Cl)cc3)c2C1. The normalized spacial score (nSPS) is 15.7.